The molecule has 7 nitrogen and oxygen atoms in total. The van der Waals surface area contributed by atoms with E-state index in [9.17, 15) is 4.39 Å². The van der Waals surface area contributed by atoms with Gasteiger partial charge in [0.05, 0.1) is 18.7 Å². The van der Waals surface area contributed by atoms with E-state index in [4.69, 9.17) is 14.7 Å². The average Bonchev–Trinajstić information content (AvgIpc) is 3.14. The van der Waals surface area contributed by atoms with Gasteiger partial charge >= 0.3 is 0 Å². The molecule has 2 aliphatic rings. The van der Waals surface area contributed by atoms with E-state index in [1.165, 1.54) is 17.7 Å². The molecule has 32 heavy (non-hydrogen) atoms. The van der Waals surface area contributed by atoms with Crippen LogP contribution in [0.1, 0.15) is 29.2 Å². The molecule has 2 N–H and O–H groups in total. The number of benzene rings is 2. The van der Waals surface area contributed by atoms with E-state index in [2.05, 4.69) is 27.8 Å². The lowest BCUT2D eigenvalue weighted by Crippen LogP contribution is -2.36. The molecule has 0 bridgehead atoms. The number of nitrogens with zero attached hydrogens (tertiary/aromatic N) is 4. The third-order valence-electron chi connectivity index (χ3n) is 6.05. The van der Waals surface area contributed by atoms with Crippen LogP contribution in [-0.4, -0.2) is 37.2 Å². The first-order valence-electron chi connectivity index (χ1n) is 10.9. The predicted molar refractivity (Wildman–Crippen MR) is 124 cm³/mol. The Balaban J connectivity index is 1.36. The molecule has 0 fully saturated rings. The highest BCUT2D eigenvalue weighted by Gasteiger charge is 2.37. The first kappa shape index (κ1) is 20.5. The molecule has 0 saturated carbocycles. The van der Waals surface area contributed by atoms with Crippen molar-refractivity contribution in [1.82, 2.24) is 15.4 Å². The van der Waals surface area contributed by atoms with E-state index >= 15 is 0 Å². The van der Waals surface area contributed by atoms with Crippen molar-refractivity contribution in [2.45, 2.75) is 25.4 Å². The van der Waals surface area contributed by atoms with Gasteiger partial charge < -0.3 is 15.0 Å². The highest BCUT2D eigenvalue weighted by Crippen LogP contribution is 2.43. The van der Waals surface area contributed by atoms with Crippen LogP contribution in [0.25, 0.3) is 0 Å². The molecule has 1 unspecified atom stereocenters. The molecule has 3 aromatic rings. The van der Waals surface area contributed by atoms with Crippen molar-refractivity contribution in [3.8, 4) is 5.75 Å². The first-order chi connectivity index (χ1) is 15.6. The van der Waals surface area contributed by atoms with E-state index in [0.29, 0.717) is 12.5 Å². The van der Waals surface area contributed by atoms with Crippen LogP contribution in [0.2, 0.25) is 0 Å². The fourth-order valence-corrected chi connectivity index (χ4v) is 4.37. The third kappa shape index (κ3) is 4.05. The molecule has 0 saturated heterocycles. The van der Waals surface area contributed by atoms with Gasteiger partial charge in [-0.25, -0.2) is 9.82 Å². The summed E-state index contributed by atoms with van der Waals surface area (Å²) in [5.74, 6) is 3.14. The molecule has 8 heteroatoms. The van der Waals surface area contributed by atoms with E-state index in [-0.39, 0.29) is 11.9 Å². The molecule has 2 aromatic carbocycles. The van der Waals surface area contributed by atoms with Gasteiger partial charge in [0.2, 0.25) is 5.95 Å². The quantitative estimate of drug-likeness (QED) is 0.588. The summed E-state index contributed by atoms with van der Waals surface area (Å²) in [5, 5.41) is 5.35. The number of hydrogen-bond donors (Lipinski definition) is 2. The number of rotatable bonds is 7. The Bertz CT molecular complexity index is 1090. The van der Waals surface area contributed by atoms with Crippen LogP contribution in [0.4, 0.5) is 22.0 Å². The summed E-state index contributed by atoms with van der Waals surface area (Å²) >= 11 is 0. The monoisotopic (exact) mass is 434 g/mol. The van der Waals surface area contributed by atoms with E-state index in [1.807, 2.05) is 36.3 Å². The maximum absolute atomic E-state index is 13.1. The van der Waals surface area contributed by atoms with Crippen molar-refractivity contribution in [3.63, 3.8) is 0 Å². The van der Waals surface area contributed by atoms with Gasteiger partial charge in [0.25, 0.3) is 0 Å². The van der Waals surface area contributed by atoms with Gasteiger partial charge in [-0.3, -0.25) is 5.01 Å². The molecule has 0 amide bonds. The van der Waals surface area contributed by atoms with Gasteiger partial charge in [0, 0.05) is 26.7 Å². The summed E-state index contributed by atoms with van der Waals surface area (Å²) in [4.78, 5) is 12.0. The second kappa shape index (κ2) is 8.63. The number of ether oxygens (including phenoxy) is 1. The molecule has 0 spiro atoms. The number of methoxy groups -OCH3 is 1. The van der Waals surface area contributed by atoms with Crippen molar-refractivity contribution in [3.05, 3.63) is 71.0 Å². The summed E-state index contributed by atoms with van der Waals surface area (Å²) in [5.41, 5.74) is 6.94. The number of hydrogen-bond acceptors (Lipinski definition) is 7. The molecular formula is C24H27FN6O. The average molecular weight is 435 g/mol. The van der Waals surface area contributed by atoms with Crippen LogP contribution in [0.15, 0.2) is 48.5 Å². The third-order valence-corrected chi connectivity index (χ3v) is 6.05. The van der Waals surface area contributed by atoms with Crippen molar-refractivity contribution in [2.75, 3.05) is 42.5 Å². The zero-order valence-electron chi connectivity index (χ0n) is 18.3. The second-order valence-corrected chi connectivity index (χ2v) is 8.21. The zero-order chi connectivity index (χ0) is 22.1. The Morgan fingerprint density at radius 3 is 2.53 bits per heavy atom. The lowest BCUT2D eigenvalue weighted by molar-refractivity contribution is 0.414. The number of aromatic nitrogens is 2. The van der Waals surface area contributed by atoms with Gasteiger partial charge in [-0.05, 0) is 48.2 Å². The fourth-order valence-electron chi connectivity index (χ4n) is 4.37. The largest absolute Gasteiger partial charge is 0.497 e. The fraction of sp³-hybridized carbons (Fsp3) is 0.333. The zero-order valence-corrected chi connectivity index (χ0v) is 18.3. The van der Waals surface area contributed by atoms with Crippen LogP contribution in [-0.2, 0) is 13.0 Å². The van der Waals surface area contributed by atoms with Gasteiger partial charge in [-0.15, -0.1) is 0 Å². The summed E-state index contributed by atoms with van der Waals surface area (Å²) < 4.78 is 18.4. The predicted octanol–water partition coefficient (Wildman–Crippen LogP) is 3.68. The van der Waals surface area contributed by atoms with Crippen LogP contribution in [0.3, 0.4) is 0 Å². The minimum absolute atomic E-state index is 0.218. The Morgan fingerprint density at radius 2 is 1.78 bits per heavy atom. The molecule has 3 heterocycles. The Labute approximate surface area is 187 Å². The Morgan fingerprint density at radius 1 is 1.06 bits per heavy atom. The molecule has 0 radical (unpaired) electrons. The molecule has 166 valence electrons. The lowest BCUT2D eigenvalue weighted by atomic mass is 10.0. The highest BCUT2D eigenvalue weighted by molar-refractivity contribution is 5.68. The molecular weight excluding hydrogens is 407 g/mol. The van der Waals surface area contributed by atoms with Crippen LogP contribution >= 0.6 is 0 Å². The highest BCUT2D eigenvalue weighted by atomic mass is 19.1. The Kier molecular flexibility index (Phi) is 5.53. The number of hydrazine groups is 1. The molecule has 2 aliphatic heterocycles. The normalized spacial score (nSPS) is 16.8. The maximum Gasteiger partial charge on any atom is 0.226 e. The topological polar surface area (TPSA) is 65.6 Å². The van der Waals surface area contributed by atoms with Crippen molar-refractivity contribution in [2.24, 2.45) is 0 Å². The summed E-state index contributed by atoms with van der Waals surface area (Å²) in [6.07, 6.45) is 1.77. The second-order valence-electron chi connectivity index (χ2n) is 8.21. The Hall–Kier alpha value is -3.39. The molecule has 0 aliphatic carbocycles. The molecule has 1 atom stereocenters. The van der Waals surface area contributed by atoms with Crippen LogP contribution < -0.4 is 25.4 Å². The van der Waals surface area contributed by atoms with Gasteiger partial charge in [0.15, 0.2) is 5.82 Å². The van der Waals surface area contributed by atoms with Crippen LogP contribution in [0.5, 0.6) is 5.75 Å². The van der Waals surface area contributed by atoms with Crippen molar-refractivity contribution >= 4 is 17.6 Å². The van der Waals surface area contributed by atoms with E-state index in [1.54, 1.807) is 7.11 Å². The molecule has 5 rings (SSSR count). The van der Waals surface area contributed by atoms with Crippen molar-refractivity contribution < 1.29 is 9.13 Å². The lowest BCUT2D eigenvalue weighted by Gasteiger charge is -2.32. The SMILES string of the molecule is COc1ccc(CN2CCC3NN(C)c4nc(NCCc5ccc(F)cc5)nc2c43)cc1. The van der Waals surface area contributed by atoms with Crippen LogP contribution in [0, 0.1) is 5.82 Å². The van der Waals surface area contributed by atoms with Gasteiger partial charge in [0.1, 0.15) is 17.4 Å². The minimum atomic E-state index is -0.218. The van der Waals surface area contributed by atoms with E-state index in [0.717, 1.165) is 54.4 Å². The number of halogens is 1. The summed E-state index contributed by atoms with van der Waals surface area (Å²) in [7, 11) is 3.68. The van der Waals surface area contributed by atoms with E-state index < -0.39 is 0 Å². The maximum atomic E-state index is 13.1. The van der Waals surface area contributed by atoms with Gasteiger partial charge in [-0.2, -0.15) is 9.97 Å². The standard InChI is InChI=1S/C24H27FN6O/c1-30-22-21-20(29-30)12-14-31(15-17-5-9-19(32-2)10-6-17)23(21)28-24(27-22)26-13-11-16-3-7-18(25)8-4-16/h3-10,20,29H,11-15H2,1-2H3,(H,26,27,28). The molecule has 1 aromatic heterocycles. The number of anilines is 3. The first-order valence-corrected chi connectivity index (χ1v) is 10.9. The number of nitrogens with one attached hydrogen (secondary N) is 2. The summed E-state index contributed by atoms with van der Waals surface area (Å²) in [6.45, 7) is 2.36. The summed E-state index contributed by atoms with van der Waals surface area (Å²) in [6, 6.07) is 15.0. The van der Waals surface area contributed by atoms with Gasteiger partial charge in [-0.1, -0.05) is 24.3 Å². The van der Waals surface area contributed by atoms with Crippen molar-refractivity contribution in [1.29, 1.82) is 0 Å². The minimum Gasteiger partial charge on any atom is -0.497 e. The smallest absolute Gasteiger partial charge is 0.226 e.